The Morgan fingerprint density at radius 3 is 2.76 bits per heavy atom. The van der Waals surface area contributed by atoms with Crippen LogP contribution in [0.15, 0.2) is 47.3 Å². The van der Waals surface area contributed by atoms with E-state index in [0.717, 1.165) is 42.4 Å². The van der Waals surface area contributed by atoms with E-state index in [-0.39, 0.29) is 11.4 Å². The number of hydrogen-bond acceptors (Lipinski definition) is 2. The van der Waals surface area contributed by atoms with Gasteiger partial charge in [-0.1, -0.05) is 18.2 Å². The number of pyridine rings is 1. The first-order valence-electron chi connectivity index (χ1n) is 8.57. The molecule has 0 aliphatic carbocycles. The first kappa shape index (κ1) is 16.3. The summed E-state index contributed by atoms with van der Waals surface area (Å²) in [6, 6.07) is 12.0. The van der Waals surface area contributed by atoms with Crippen LogP contribution >= 0.6 is 12.2 Å². The molecule has 1 aromatic carbocycles. The van der Waals surface area contributed by atoms with Gasteiger partial charge in [-0.15, -0.1) is 0 Å². The van der Waals surface area contributed by atoms with E-state index in [1.54, 1.807) is 18.2 Å². The minimum atomic E-state index is -0.232. The van der Waals surface area contributed by atoms with Crippen LogP contribution in [-0.2, 0) is 13.1 Å². The van der Waals surface area contributed by atoms with Crippen LogP contribution in [-0.4, -0.2) is 27.7 Å². The molecule has 4 rings (SSSR count). The molecular formula is C19H20FN3OS. The van der Waals surface area contributed by atoms with Crippen molar-refractivity contribution in [3.63, 3.8) is 0 Å². The van der Waals surface area contributed by atoms with Crippen LogP contribution in [0.1, 0.15) is 23.6 Å². The van der Waals surface area contributed by atoms with Crippen LogP contribution in [0.25, 0.3) is 0 Å². The number of likely N-dealkylation sites (tertiary alicyclic amines) is 1. The van der Waals surface area contributed by atoms with Crippen LogP contribution in [0.2, 0.25) is 0 Å². The number of rotatable bonds is 2. The predicted octanol–water partition coefficient (Wildman–Crippen LogP) is 2.48. The van der Waals surface area contributed by atoms with Gasteiger partial charge in [0, 0.05) is 43.9 Å². The third kappa shape index (κ3) is 3.31. The quantitative estimate of drug-likeness (QED) is 0.838. The number of nitrogens with zero attached hydrogens (tertiary/aromatic N) is 2. The topological polar surface area (TPSA) is 37.3 Å². The lowest BCUT2D eigenvalue weighted by Crippen LogP contribution is -2.51. The molecule has 2 atom stereocenters. The van der Waals surface area contributed by atoms with E-state index in [2.05, 4.69) is 16.3 Å². The second kappa shape index (κ2) is 6.59. The minimum Gasteiger partial charge on any atom is -0.358 e. The molecule has 1 N–H and O–H groups in total. The molecule has 1 fully saturated rings. The number of nitrogens with one attached hydrogen (secondary N) is 1. The SMILES string of the molecule is O=c1cccc2n1C[C@@H]1C[C@H]2CN(C(=S)NCc2ccc(F)cc2)C1. The Morgan fingerprint density at radius 1 is 1.16 bits per heavy atom. The third-order valence-electron chi connectivity index (χ3n) is 5.12. The first-order chi connectivity index (χ1) is 12.1. The number of fused-ring (bicyclic) bond motifs is 4. The van der Waals surface area contributed by atoms with E-state index in [1.807, 2.05) is 10.6 Å². The molecule has 2 bridgehead atoms. The van der Waals surface area contributed by atoms with E-state index >= 15 is 0 Å². The molecule has 130 valence electrons. The number of halogens is 1. The Morgan fingerprint density at radius 2 is 1.96 bits per heavy atom. The average molecular weight is 357 g/mol. The van der Waals surface area contributed by atoms with Gasteiger partial charge in [-0.3, -0.25) is 4.79 Å². The lowest BCUT2D eigenvalue weighted by atomic mass is 9.83. The summed E-state index contributed by atoms with van der Waals surface area (Å²) in [4.78, 5) is 14.3. The Balaban J connectivity index is 1.44. The molecule has 25 heavy (non-hydrogen) atoms. The monoisotopic (exact) mass is 357 g/mol. The van der Waals surface area contributed by atoms with Crippen LogP contribution in [0.5, 0.6) is 0 Å². The lowest BCUT2D eigenvalue weighted by Gasteiger charge is -2.43. The van der Waals surface area contributed by atoms with Crippen molar-refractivity contribution in [3.8, 4) is 0 Å². The smallest absolute Gasteiger partial charge is 0.250 e. The summed E-state index contributed by atoms with van der Waals surface area (Å²) in [6.45, 7) is 3.05. The largest absolute Gasteiger partial charge is 0.358 e. The number of aromatic nitrogens is 1. The fourth-order valence-electron chi connectivity index (χ4n) is 3.95. The molecule has 4 nitrogen and oxygen atoms in total. The molecule has 2 aliphatic rings. The highest BCUT2D eigenvalue weighted by atomic mass is 32.1. The molecule has 1 saturated heterocycles. The van der Waals surface area contributed by atoms with E-state index in [9.17, 15) is 9.18 Å². The van der Waals surface area contributed by atoms with E-state index in [0.29, 0.717) is 18.4 Å². The Labute approximate surface area is 151 Å². The van der Waals surface area contributed by atoms with Gasteiger partial charge in [0.2, 0.25) is 0 Å². The van der Waals surface area contributed by atoms with E-state index in [1.165, 1.54) is 12.1 Å². The van der Waals surface area contributed by atoms with Gasteiger partial charge in [0.15, 0.2) is 5.11 Å². The molecule has 2 aliphatic heterocycles. The highest BCUT2D eigenvalue weighted by Crippen LogP contribution is 2.34. The summed E-state index contributed by atoms with van der Waals surface area (Å²) in [5.74, 6) is 0.549. The zero-order valence-corrected chi connectivity index (χ0v) is 14.6. The van der Waals surface area contributed by atoms with Crippen LogP contribution in [0.4, 0.5) is 4.39 Å². The van der Waals surface area contributed by atoms with Crippen LogP contribution in [0.3, 0.4) is 0 Å². The van der Waals surface area contributed by atoms with Gasteiger partial charge in [-0.25, -0.2) is 4.39 Å². The van der Waals surface area contributed by atoms with Crippen LogP contribution < -0.4 is 10.9 Å². The number of thiocarbonyl (C=S) groups is 1. The lowest BCUT2D eigenvalue weighted by molar-refractivity contribution is 0.177. The molecule has 6 heteroatoms. The van der Waals surface area contributed by atoms with Crippen molar-refractivity contribution in [1.29, 1.82) is 0 Å². The summed E-state index contributed by atoms with van der Waals surface area (Å²) in [5, 5.41) is 4.01. The van der Waals surface area contributed by atoms with Crippen molar-refractivity contribution < 1.29 is 4.39 Å². The van der Waals surface area contributed by atoms with Crippen molar-refractivity contribution >= 4 is 17.3 Å². The average Bonchev–Trinajstić information content (AvgIpc) is 2.62. The number of piperidine rings is 1. The molecule has 3 heterocycles. The molecular weight excluding hydrogens is 337 g/mol. The van der Waals surface area contributed by atoms with E-state index < -0.39 is 0 Å². The van der Waals surface area contributed by atoms with Crippen molar-refractivity contribution in [2.75, 3.05) is 13.1 Å². The Hall–Kier alpha value is -2.21. The Kier molecular flexibility index (Phi) is 4.29. The standard InChI is InChI=1S/C19H20FN3OS/c20-16-6-4-13(5-7-16)9-21-19(25)22-10-14-8-15(12-22)17-2-1-3-18(24)23(17)11-14/h1-7,14-15H,8-12H2,(H,21,25)/t14-,15+/m1/s1. The van der Waals surface area contributed by atoms with Crippen molar-refractivity contribution in [2.24, 2.45) is 5.92 Å². The molecule has 0 unspecified atom stereocenters. The van der Waals surface area contributed by atoms with Crippen LogP contribution in [0, 0.1) is 11.7 Å². The van der Waals surface area contributed by atoms with Crippen molar-refractivity contribution in [1.82, 2.24) is 14.8 Å². The normalized spacial score (nSPS) is 21.6. The molecule has 1 aromatic heterocycles. The van der Waals surface area contributed by atoms with E-state index in [4.69, 9.17) is 12.2 Å². The van der Waals surface area contributed by atoms with Gasteiger partial charge in [-0.2, -0.15) is 0 Å². The van der Waals surface area contributed by atoms with Gasteiger partial charge in [-0.05, 0) is 48.3 Å². The number of benzene rings is 1. The van der Waals surface area contributed by atoms with Crippen molar-refractivity contribution in [3.05, 3.63) is 69.9 Å². The molecule has 0 saturated carbocycles. The fraction of sp³-hybridized carbons (Fsp3) is 0.368. The fourth-order valence-corrected chi connectivity index (χ4v) is 4.18. The van der Waals surface area contributed by atoms with Gasteiger partial charge in [0.05, 0.1) is 0 Å². The Bertz CT molecular complexity index is 848. The molecule has 0 amide bonds. The van der Waals surface area contributed by atoms with Gasteiger partial charge < -0.3 is 14.8 Å². The molecule has 0 spiro atoms. The first-order valence-corrected chi connectivity index (χ1v) is 8.98. The second-order valence-corrected chi connectivity index (χ2v) is 7.27. The minimum absolute atomic E-state index is 0.0951. The number of hydrogen-bond donors (Lipinski definition) is 1. The maximum Gasteiger partial charge on any atom is 0.250 e. The highest BCUT2D eigenvalue weighted by Gasteiger charge is 2.35. The maximum absolute atomic E-state index is 13.0. The third-order valence-corrected chi connectivity index (χ3v) is 5.53. The summed E-state index contributed by atoms with van der Waals surface area (Å²) >= 11 is 5.57. The zero-order chi connectivity index (χ0) is 17.4. The highest BCUT2D eigenvalue weighted by molar-refractivity contribution is 7.80. The molecule has 0 radical (unpaired) electrons. The maximum atomic E-state index is 13.0. The summed E-state index contributed by atoms with van der Waals surface area (Å²) in [5.41, 5.74) is 2.21. The zero-order valence-electron chi connectivity index (χ0n) is 13.8. The second-order valence-electron chi connectivity index (χ2n) is 6.89. The summed E-state index contributed by atoms with van der Waals surface area (Å²) in [6.07, 6.45) is 1.11. The molecule has 2 aromatic rings. The summed E-state index contributed by atoms with van der Waals surface area (Å²) in [7, 11) is 0. The van der Waals surface area contributed by atoms with Gasteiger partial charge in [0.25, 0.3) is 5.56 Å². The summed E-state index contributed by atoms with van der Waals surface area (Å²) < 4.78 is 14.9. The predicted molar refractivity (Wildman–Crippen MR) is 99.0 cm³/mol. The van der Waals surface area contributed by atoms with Gasteiger partial charge in [0.1, 0.15) is 5.82 Å². The van der Waals surface area contributed by atoms with Gasteiger partial charge >= 0.3 is 0 Å². The van der Waals surface area contributed by atoms with Crippen molar-refractivity contribution in [2.45, 2.75) is 25.4 Å².